The molecule has 3 aromatic rings. The highest BCUT2D eigenvalue weighted by Crippen LogP contribution is 2.23. The number of rotatable bonds is 7. The number of carbonyl (C=O) groups excluding carboxylic acids is 1. The second-order valence-electron chi connectivity index (χ2n) is 7.63. The Labute approximate surface area is 180 Å². The molecule has 9 heteroatoms. The average Bonchev–Trinajstić information content (AvgIpc) is 3.10. The van der Waals surface area contributed by atoms with Crippen LogP contribution in [0.1, 0.15) is 32.1 Å². The highest BCUT2D eigenvalue weighted by molar-refractivity contribution is 7.89. The molecule has 0 spiro atoms. The van der Waals surface area contributed by atoms with Crippen LogP contribution in [0.2, 0.25) is 0 Å². The van der Waals surface area contributed by atoms with Crippen LogP contribution in [-0.4, -0.2) is 36.3 Å². The number of carbonyl (C=O) groups is 1. The van der Waals surface area contributed by atoms with Crippen molar-refractivity contribution in [3.63, 3.8) is 0 Å². The molecule has 0 bridgehead atoms. The number of amides is 1. The summed E-state index contributed by atoms with van der Waals surface area (Å²) >= 11 is 0. The van der Waals surface area contributed by atoms with Crippen LogP contribution in [-0.2, 0) is 21.4 Å². The number of para-hydroxylation sites is 2. The van der Waals surface area contributed by atoms with Gasteiger partial charge in [-0.05, 0) is 49.6 Å². The lowest BCUT2D eigenvalue weighted by atomic mass is 10.2. The number of aromatic nitrogens is 1. The van der Waals surface area contributed by atoms with Crippen LogP contribution in [0.5, 0.6) is 0 Å². The average molecular weight is 444 g/mol. The van der Waals surface area contributed by atoms with Crippen molar-refractivity contribution in [3.05, 3.63) is 59.1 Å². The molecule has 0 radical (unpaired) electrons. The van der Waals surface area contributed by atoms with Gasteiger partial charge in [-0.3, -0.25) is 9.36 Å². The lowest BCUT2D eigenvalue weighted by molar-refractivity contribution is -0.116. The third-order valence-electron chi connectivity index (χ3n) is 5.43. The summed E-state index contributed by atoms with van der Waals surface area (Å²) in [6.07, 6.45) is 3.41. The Morgan fingerprint density at radius 3 is 2.61 bits per heavy atom. The van der Waals surface area contributed by atoms with Crippen LogP contribution < -0.4 is 11.1 Å². The largest absolute Gasteiger partial charge is 0.419 e. The molecule has 1 amide bonds. The van der Waals surface area contributed by atoms with Crippen LogP contribution in [0.3, 0.4) is 0 Å². The SMILES string of the molecule is O=C(CCCn1c(=O)oc2ccccc21)Nc1cccc(S(=O)(=O)N2CCCCC2)c1. The molecule has 0 aliphatic carbocycles. The third-order valence-corrected chi connectivity index (χ3v) is 7.32. The van der Waals surface area contributed by atoms with Gasteiger partial charge in [0.25, 0.3) is 0 Å². The molecular weight excluding hydrogens is 418 g/mol. The first-order chi connectivity index (χ1) is 14.9. The molecule has 0 unspecified atom stereocenters. The highest BCUT2D eigenvalue weighted by atomic mass is 32.2. The van der Waals surface area contributed by atoms with Gasteiger partial charge in [0.05, 0.1) is 10.4 Å². The molecule has 164 valence electrons. The third kappa shape index (κ3) is 4.72. The number of sulfonamides is 1. The van der Waals surface area contributed by atoms with Gasteiger partial charge in [0.15, 0.2) is 5.58 Å². The zero-order chi connectivity index (χ0) is 21.8. The number of hydrogen-bond acceptors (Lipinski definition) is 5. The van der Waals surface area contributed by atoms with Crippen LogP contribution in [0.4, 0.5) is 5.69 Å². The summed E-state index contributed by atoms with van der Waals surface area (Å²) in [7, 11) is -3.56. The second kappa shape index (κ2) is 9.07. The molecule has 0 saturated carbocycles. The molecule has 0 atom stereocenters. The van der Waals surface area contributed by atoms with Crippen molar-refractivity contribution in [1.29, 1.82) is 0 Å². The fourth-order valence-electron chi connectivity index (χ4n) is 3.84. The smallest absolute Gasteiger partial charge is 0.408 e. The molecule has 8 nitrogen and oxygen atoms in total. The van der Waals surface area contributed by atoms with Crippen LogP contribution >= 0.6 is 0 Å². The van der Waals surface area contributed by atoms with Crippen LogP contribution in [0, 0.1) is 0 Å². The minimum atomic E-state index is -3.56. The van der Waals surface area contributed by atoms with E-state index in [-0.39, 0.29) is 17.2 Å². The first-order valence-electron chi connectivity index (χ1n) is 10.4. The number of nitrogens with one attached hydrogen (secondary N) is 1. The molecular formula is C22H25N3O5S. The molecule has 31 heavy (non-hydrogen) atoms. The summed E-state index contributed by atoms with van der Waals surface area (Å²) in [6.45, 7) is 1.41. The minimum absolute atomic E-state index is 0.184. The first-order valence-corrected chi connectivity index (χ1v) is 11.9. The van der Waals surface area contributed by atoms with Gasteiger partial charge in [-0.2, -0.15) is 4.31 Å². The number of oxazole rings is 1. The highest BCUT2D eigenvalue weighted by Gasteiger charge is 2.26. The summed E-state index contributed by atoms with van der Waals surface area (Å²) in [5.74, 6) is -0.689. The standard InChI is InChI=1S/C22H25N3O5S/c26-21(12-7-15-25-19-10-2-3-11-20(19)30-22(25)27)23-17-8-6-9-18(16-17)31(28,29)24-13-4-1-5-14-24/h2-3,6,8-11,16H,1,4-5,7,12-15H2,(H,23,26). The van der Waals surface area contributed by atoms with E-state index in [0.717, 1.165) is 19.3 Å². The summed E-state index contributed by atoms with van der Waals surface area (Å²) in [6, 6.07) is 13.5. The van der Waals surface area contributed by atoms with Gasteiger partial charge in [-0.1, -0.05) is 24.6 Å². The fourth-order valence-corrected chi connectivity index (χ4v) is 5.40. The Hall–Kier alpha value is -2.91. The summed E-state index contributed by atoms with van der Waals surface area (Å²) in [5.41, 5.74) is 1.65. The number of piperidine rings is 1. The van der Waals surface area contributed by atoms with Gasteiger partial charge in [0.2, 0.25) is 15.9 Å². The number of nitrogens with zero attached hydrogens (tertiary/aromatic N) is 2. The molecule has 1 aromatic heterocycles. The quantitative estimate of drug-likeness (QED) is 0.604. The second-order valence-corrected chi connectivity index (χ2v) is 9.57. The van der Waals surface area contributed by atoms with Crippen molar-refractivity contribution in [2.45, 2.75) is 43.5 Å². The zero-order valence-electron chi connectivity index (χ0n) is 17.1. The molecule has 1 aliphatic heterocycles. The van der Waals surface area contributed by atoms with E-state index in [1.807, 2.05) is 6.07 Å². The summed E-state index contributed by atoms with van der Waals surface area (Å²) in [4.78, 5) is 24.6. The Kier molecular flexibility index (Phi) is 6.24. The lowest BCUT2D eigenvalue weighted by Crippen LogP contribution is -2.35. The molecule has 1 saturated heterocycles. The lowest BCUT2D eigenvalue weighted by Gasteiger charge is -2.26. The first kappa shape index (κ1) is 21.3. The maximum atomic E-state index is 12.8. The van der Waals surface area contributed by atoms with Crippen molar-refractivity contribution < 1.29 is 17.6 Å². The Balaban J connectivity index is 1.37. The zero-order valence-corrected chi connectivity index (χ0v) is 17.9. The van der Waals surface area contributed by atoms with E-state index >= 15 is 0 Å². The van der Waals surface area contributed by atoms with Crippen molar-refractivity contribution in [1.82, 2.24) is 8.87 Å². The van der Waals surface area contributed by atoms with Gasteiger partial charge in [0, 0.05) is 31.7 Å². The number of fused-ring (bicyclic) bond motifs is 1. The van der Waals surface area contributed by atoms with Gasteiger partial charge in [-0.15, -0.1) is 0 Å². The van der Waals surface area contributed by atoms with Crippen molar-refractivity contribution in [2.24, 2.45) is 0 Å². The Morgan fingerprint density at radius 1 is 1.03 bits per heavy atom. The van der Waals surface area contributed by atoms with E-state index in [0.29, 0.717) is 42.8 Å². The van der Waals surface area contributed by atoms with Crippen LogP contribution in [0.25, 0.3) is 11.1 Å². The predicted octanol–water partition coefficient (Wildman–Crippen LogP) is 3.19. The topological polar surface area (TPSA) is 102 Å². The van der Waals surface area contributed by atoms with Crippen molar-refractivity contribution >= 4 is 32.7 Å². The predicted molar refractivity (Wildman–Crippen MR) is 117 cm³/mol. The van der Waals surface area contributed by atoms with E-state index in [2.05, 4.69) is 5.32 Å². The molecule has 2 aromatic carbocycles. The minimum Gasteiger partial charge on any atom is -0.408 e. The number of hydrogen-bond donors (Lipinski definition) is 1. The van der Waals surface area contributed by atoms with Crippen molar-refractivity contribution in [3.8, 4) is 0 Å². The van der Waals surface area contributed by atoms with E-state index < -0.39 is 15.8 Å². The van der Waals surface area contributed by atoms with E-state index in [4.69, 9.17) is 4.42 Å². The monoisotopic (exact) mass is 443 g/mol. The molecule has 2 heterocycles. The number of aryl methyl sites for hydroxylation is 1. The molecule has 1 aliphatic rings. The Bertz CT molecular complexity index is 1240. The van der Waals surface area contributed by atoms with E-state index in [9.17, 15) is 18.0 Å². The van der Waals surface area contributed by atoms with Gasteiger partial charge >= 0.3 is 5.76 Å². The van der Waals surface area contributed by atoms with E-state index in [1.165, 1.54) is 14.9 Å². The fraction of sp³-hybridized carbons (Fsp3) is 0.364. The van der Waals surface area contributed by atoms with Crippen molar-refractivity contribution in [2.75, 3.05) is 18.4 Å². The summed E-state index contributed by atoms with van der Waals surface area (Å²) in [5, 5.41) is 2.76. The number of benzene rings is 2. The van der Waals surface area contributed by atoms with Gasteiger partial charge in [0.1, 0.15) is 0 Å². The maximum Gasteiger partial charge on any atom is 0.419 e. The molecule has 4 rings (SSSR count). The van der Waals surface area contributed by atoms with Gasteiger partial charge < -0.3 is 9.73 Å². The maximum absolute atomic E-state index is 12.8. The molecule has 1 N–H and O–H groups in total. The Morgan fingerprint density at radius 2 is 1.81 bits per heavy atom. The van der Waals surface area contributed by atoms with Crippen LogP contribution in [0.15, 0.2) is 62.6 Å². The number of anilines is 1. The van der Waals surface area contributed by atoms with Gasteiger partial charge in [-0.25, -0.2) is 13.2 Å². The summed E-state index contributed by atoms with van der Waals surface area (Å²) < 4.78 is 33.9. The molecule has 1 fully saturated rings. The van der Waals surface area contributed by atoms with E-state index in [1.54, 1.807) is 36.4 Å². The normalized spacial score (nSPS) is 15.2.